The van der Waals surface area contributed by atoms with Crippen molar-refractivity contribution in [3.05, 3.63) is 87.9 Å². The number of anilines is 1. The molecule has 0 saturated carbocycles. The Kier molecular flexibility index (Phi) is 6.48. The summed E-state index contributed by atoms with van der Waals surface area (Å²) < 4.78 is 34.1. The molecule has 0 aliphatic carbocycles. The zero-order chi connectivity index (χ0) is 21.9. The molecular formula is C22H20BrNO5S. The number of carboxylic acids is 1. The second-order valence-electron chi connectivity index (χ2n) is 6.60. The van der Waals surface area contributed by atoms with E-state index in [-0.39, 0.29) is 22.7 Å². The lowest BCUT2D eigenvalue weighted by atomic mass is 10.1. The van der Waals surface area contributed by atoms with Crippen molar-refractivity contribution in [2.45, 2.75) is 18.4 Å². The lowest BCUT2D eigenvalue weighted by Gasteiger charge is -2.28. The lowest BCUT2D eigenvalue weighted by molar-refractivity contribution is 0.0697. The van der Waals surface area contributed by atoms with Crippen LogP contribution in [0.1, 0.15) is 21.5 Å². The molecule has 8 heteroatoms. The third-order valence-electron chi connectivity index (χ3n) is 4.56. The molecule has 3 aromatic carbocycles. The first-order chi connectivity index (χ1) is 14.2. The van der Waals surface area contributed by atoms with E-state index in [2.05, 4.69) is 15.9 Å². The van der Waals surface area contributed by atoms with Crippen molar-refractivity contribution in [3.63, 3.8) is 0 Å². The molecule has 0 saturated heterocycles. The van der Waals surface area contributed by atoms with Crippen LogP contribution in [-0.2, 0) is 16.6 Å². The SMILES string of the molecule is COc1ccc(S(=O)(=O)N(Cc2ccccc2)c2c(C)cc(Br)cc2C(=O)O)cc1. The largest absolute Gasteiger partial charge is 0.497 e. The summed E-state index contributed by atoms with van der Waals surface area (Å²) in [5.74, 6) is -0.688. The number of hydrogen-bond donors (Lipinski definition) is 1. The first-order valence-corrected chi connectivity index (χ1v) is 11.2. The molecule has 3 aromatic rings. The van der Waals surface area contributed by atoms with E-state index in [1.165, 1.54) is 25.3 Å². The number of carboxylic acid groups (broad SMARTS) is 1. The van der Waals surface area contributed by atoms with Gasteiger partial charge in [-0.15, -0.1) is 0 Å². The van der Waals surface area contributed by atoms with Crippen LogP contribution in [0.5, 0.6) is 5.75 Å². The third-order valence-corrected chi connectivity index (χ3v) is 6.78. The maximum Gasteiger partial charge on any atom is 0.337 e. The minimum atomic E-state index is -4.07. The highest BCUT2D eigenvalue weighted by Crippen LogP contribution is 2.35. The summed E-state index contributed by atoms with van der Waals surface area (Å²) in [7, 11) is -2.57. The molecule has 30 heavy (non-hydrogen) atoms. The van der Waals surface area contributed by atoms with Crippen LogP contribution < -0.4 is 9.04 Å². The third kappa shape index (κ3) is 4.49. The molecule has 156 valence electrons. The van der Waals surface area contributed by atoms with Crippen molar-refractivity contribution < 1.29 is 23.1 Å². The van der Waals surface area contributed by atoms with E-state index >= 15 is 0 Å². The average molecular weight is 490 g/mol. The molecular weight excluding hydrogens is 470 g/mol. The second kappa shape index (κ2) is 8.89. The average Bonchev–Trinajstić information content (AvgIpc) is 2.72. The van der Waals surface area contributed by atoms with E-state index in [9.17, 15) is 18.3 Å². The predicted octanol–water partition coefficient (Wildman–Crippen LogP) is 4.86. The highest BCUT2D eigenvalue weighted by molar-refractivity contribution is 9.10. The maximum absolute atomic E-state index is 13.6. The Balaban J connectivity index is 2.23. The van der Waals surface area contributed by atoms with Crippen molar-refractivity contribution in [3.8, 4) is 5.75 Å². The monoisotopic (exact) mass is 489 g/mol. The second-order valence-corrected chi connectivity index (χ2v) is 9.37. The number of ether oxygens (including phenoxy) is 1. The van der Waals surface area contributed by atoms with E-state index in [0.29, 0.717) is 15.8 Å². The fourth-order valence-electron chi connectivity index (χ4n) is 3.14. The number of carbonyl (C=O) groups is 1. The number of aromatic carboxylic acids is 1. The lowest BCUT2D eigenvalue weighted by Crippen LogP contribution is -2.32. The zero-order valence-electron chi connectivity index (χ0n) is 16.4. The molecule has 1 N–H and O–H groups in total. The molecule has 0 unspecified atom stereocenters. The molecule has 0 bridgehead atoms. The molecule has 3 rings (SSSR count). The molecule has 0 aliphatic rings. The highest BCUT2D eigenvalue weighted by atomic mass is 79.9. The molecule has 0 heterocycles. The Morgan fingerprint density at radius 1 is 1.07 bits per heavy atom. The molecule has 0 amide bonds. The van der Waals surface area contributed by atoms with Gasteiger partial charge in [0, 0.05) is 4.47 Å². The quantitative estimate of drug-likeness (QED) is 0.512. The molecule has 0 spiro atoms. The number of benzene rings is 3. The number of hydrogen-bond acceptors (Lipinski definition) is 4. The summed E-state index contributed by atoms with van der Waals surface area (Å²) in [5.41, 5.74) is 1.28. The smallest absolute Gasteiger partial charge is 0.337 e. The standard InChI is InChI=1S/C22H20BrNO5S/c1-15-12-17(23)13-20(22(25)26)21(15)24(14-16-6-4-3-5-7-16)30(27,28)19-10-8-18(29-2)9-11-19/h3-13H,14H2,1-2H3,(H,25,26). The van der Waals surface area contributed by atoms with E-state index in [1.807, 2.05) is 6.07 Å². The zero-order valence-corrected chi connectivity index (χ0v) is 18.8. The van der Waals surface area contributed by atoms with Gasteiger partial charge in [0.2, 0.25) is 0 Å². The topological polar surface area (TPSA) is 83.9 Å². The van der Waals surface area contributed by atoms with Gasteiger partial charge in [-0.3, -0.25) is 4.31 Å². The molecule has 0 fully saturated rings. The van der Waals surface area contributed by atoms with Gasteiger partial charge in [0.1, 0.15) is 5.75 Å². The highest BCUT2D eigenvalue weighted by Gasteiger charge is 2.30. The number of rotatable bonds is 7. The minimum absolute atomic E-state index is 0.0159. The number of sulfonamides is 1. The fraction of sp³-hybridized carbons (Fsp3) is 0.136. The number of nitrogens with zero attached hydrogens (tertiary/aromatic N) is 1. The summed E-state index contributed by atoms with van der Waals surface area (Å²) >= 11 is 3.30. The number of halogens is 1. The normalized spacial score (nSPS) is 11.2. The van der Waals surface area contributed by atoms with Crippen LogP contribution in [0.3, 0.4) is 0 Å². The van der Waals surface area contributed by atoms with E-state index in [1.54, 1.807) is 49.4 Å². The van der Waals surface area contributed by atoms with Gasteiger partial charge >= 0.3 is 5.97 Å². The van der Waals surface area contributed by atoms with Gasteiger partial charge in [0.25, 0.3) is 10.0 Å². The summed E-state index contributed by atoms with van der Waals surface area (Å²) in [6.45, 7) is 1.67. The molecule has 0 radical (unpaired) electrons. The van der Waals surface area contributed by atoms with Crippen molar-refractivity contribution in [1.82, 2.24) is 0 Å². The van der Waals surface area contributed by atoms with Crippen LogP contribution in [-0.4, -0.2) is 26.6 Å². The summed E-state index contributed by atoms with van der Waals surface area (Å²) in [6.07, 6.45) is 0. The Labute approximate surface area is 183 Å². The van der Waals surface area contributed by atoms with Crippen molar-refractivity contribution in [1.29, 1.82) is 0 Å². The Morgan fingerprint density at radius 3 is 2.27 bits per heavy atom. The van der Waals surface area contributed by atoms with E-state index < -0.39 is 16.0 Å². The van der Waals surface area contributed by atoms with Gasteiger partial charge in [-0.2, -0.15) is 0 Å². The Hall–Kier alpha value is -2.84. The molecule has 6 nitrogen and oxygen atoms in total. The van der Waals surface area contributed by atoms with Crippen LogP contribution in [0.4, 0.5) is 5.69 Å². The van der Waals surface area contributed by atoms with E-state index in [4.69, 9.17) is 4.74 Å². The van der Waals surface area contributed by atoms with Crippen molar-refractivity contribution >= 4 is 37.6 Å². The molecule has 0 aromatic heterocycles. The Bertz CT molecular complexity index is 1160. The summed E-state index contributed by atoms with van der Waals surface area (Å²) in [6, 6.07) is 18.1. The van der Waals surface area contributed by atoms with Crippen molar-refractivity contribution in [2.24, 2.45) is 0 Å². The first kappa shape index (κ1) is 21.9. The van der Waals surface area contributed by atoms with Gasteiger partial charge < -0.3 is 9.84 Å². The predicted molar refractivity (Wildman–Crippen MR) is 119 cm³/mol. The fourth-order valence-corrected chi connectivity index (χ4v) is 5.25. The first-order valence-electron chi connectivity index (χ1n) is 8.98. The number of methoxy groups -OCH3 is 1. The van der Waals surface area contributed by atoms with Crippen LogP contribution >= 0.6 is 15.9 Å². The maximum atomic E-state index is 13.6. The van der Waals surface area contributed by atoms with Crippen LogP contribution in [0.2, 0.25) is 0 Å². The summed E-state index contributed by atoms with van der Waals surface area (Å²) in [5, 5.41) is 9.78. The minimum Gasteiger partial charge on any atom is -0.497 e. The van der Waals surface area contributed by atoms with Gasteiger partial charge in [0.15, 0.2) is 0 Å². The van der Waals surface area contributed by atoms with Crippen LogP contribution in [0.15, 0.2) is 76.1 Å². The van der Waals surface area contributed by atoms with Crippen molar-refractivity contribution in [2.75, 3.05) is 11.4 Å². The van der Waals surface area contributed by atoms with E-state index in [0.717, 1.165) is 9.87 Å². The molecule has 0 atom stereocenters. The Morgan fingerprint density at radius 2 is 1.70 bits per heavy atom. The van der Waals surface area contributed by atoms with Crippen LogP contribution in [0.25, 0.3) is 0 Å². The van der Waals surface area contributed by atoms with Gasteiger partial charge in [-0.1, -0.05) is 46.3 Å². The molecule has 0 aliphatic heterocycles. The van der Waals surface area contributed by atoms with Gasteiger partial charge in [-0.25, -0.2) is 13.2 Å². The van der Waals surface area contributed by atoms with Gasteiger partial charge in [-0.05, 0) is 54.4 Å². The van der Waals surface area contributed by atoms with Crippen LogP contribution in [0, 0.1) is 6.92 Å². The van der Waals surface area contributed by atoms with Gasteiger partial charge in [0.05, 0.1) is 29.8 Å². The summed E-state index contributed by atoms with van der Waals surface area (Å²) in [4.78, 5) is 12.0. The number of aryl methyl sites for hydroxylation is 1.